The van der Waals surface area contributed by atoms with Crippen LogP contribution in [-0.2, 0) is 11.2 Å². The maximum absolute atomic E-state index is 6.24. The molecule has 1 aromatic rings. The molecule has 2 rings (SSSR count). The topological polar surface area (TPSA) is 21.3 Å². The summed E-state index contributed by atoms with van der Waals surface area (Å²) in [6, 6.07) is 6.16. The van der Waals surface area contributed by atoms with Gasteiger partial charge in [0, 0.05) is 28.6 Å². The van der Waals surface area contributed by atoms with Gasteiger partial charge in [0.25, 0.3) is 0 Å². The Morgan fingerprint density at radius 2 is 2.28 bits per heavy atom. The Morgan fingerprint density at radius 1 is 1.44 bits per heavy atom. The number of halogens is 2. The molecule has 1 aromatic carbocycles. The summed E-state index contributed by atoms with van der Waals surface area (Å²) in [7, 11) is 0. The molecule has 2 nitrogen and oxygen atoms in total. The van der Waals surface area contributed by atoms with E-state index < -0.39 is 0 Å². The average molecular weight is 288 g/mol. The van der Waals surface area contributed by atoms with Crippen LogP contribution in [0.15, 0.2) is 18.2 Å². The van der Waals surface area contributed by atoms with Gasteiger partial charge in [-0.1, -0.05) is 36.2 Å². The van der Waals surface area contributed by atoms with Gasteiger partial charge in [-0.15, -0.1) is 0 Å². The van der Waals surface area contributed by atoms with E-state index in [1.165, 1.54) is 0 Å². The molecule has 4 heteroatoms. The Hall–Kier alpha value is -0.280. The normalized spacial score (nSPS) is 21.2. The molecule has 0 saturated carbocycles. The van der Waals surface area contributed by atoms with Crippen molar-refractivity contribution in [3.8, 4) is 0 Å². The second-order valence-corrected chi connectivity index (χ2v) is 5.57. The van der Waals surface area contributed by atoms with Crippen LogP contribution in [0.5, 0.6) is 0 Å². The molecule has 1 aliphatic heterocycles. The van der Waals surface area contributed by atoms with E-state index >= 15 is 0 Å². The third kappa shape index (κ3) is 3.61. The van der Waals surface area contributed by atoms with Crippen molar-refractivity contribution in [2.45, 2.75) is 25.8 Å². The minimum atomic E-state index is 0.427. The van der Waals surface area contributed by atoms with Gasteiger partial charge in [0.1, 0.15) is 0 Å². The Kier molecular flexibility index (Phi) is 5.31. The van der Waals surface area contributed by atoms with Gasteiger partial charge >= 0.3 is 0 Å². The van der Waals surface area contributed by atoms with E-state index in [1.54, 1.807) is 0 Å². The summed E-state index contributed by atoms with van der Waals surface area (Å²) in [5.41, 5.74) is 1.15. The fourth-order valence-corrected chi connectivity index (χ4v) is 2.95. The zero-order valence-corrected chi connectivity index (χ0v) is 12.1. The van der Waals surface area contributed by atoms with Crippen molar-refractivity contribution in [2.75, 3.05) is 19.8 Å². The second-order valence-electron chi connectivity index (χ2n) is 4.73. The summed E-state index contributed by atoms with van der Waals surface area (Å²) in [6.45, 7) is 4.82. The molecule has 2 unspecified atom stereocenters. The first-order valence-electron chi connectivity index (χ1n) is 6.45. The highest BCUT2D eigenvalue weighted by Crippen LogP contribution is 2.25. The average Bonchev–Trinajstić information content (AvgIpc) is 2.85. The lowest BCUT2D eigenvalue weighted by Gasteiger charge is -2.23. The van der Waals surface area contributed by atoms with Crippen LogP contribution < -0.4 is 5.32 Å². The van der Waals surface area contributed by atoms with Crippen molar-refractivity contribution in [1.29, 1.82) is 0 Å². The molecule has 0 aromatic heterocycles. The van der Waals surface area contributed by atoms with Crippen LogP contribution in [0.1, 0.15) is 18.9 Å². The molecule has 0 aliphatic carbocycles. The third-order valence-electron chi connectivity index (χ3n) is 3.46. The minimum absolute atomic E-state index is 0.427. The summed E-state index contributed by atoms with van der Waals surface area (Å²) < 4.78 is 5.48. The Morgan fingerprint density at radius 3 is 2.89 bits per heavy atom. The maximum atomic E-state index is 6.24. The highest BCUT2D eigenvalue weighted by atomic mass is 35.5. The van der Waals surface area contributed by atoms with Crippen molar-refractivity contribution < 1.29 is 4.74 Å². The Labute approximate surface area is 119 Å². The van der Waals surface area contributed by atoms with Gasteiger partial charge in [-0.2, -0.15) is 0 Å². The molecule has 0 spiro atoms. The minimum Gasteiger partial charge on any atom is -0.381 e. The summed E-state index contributed by atoms with van der Waals surface area (Å²) in [5, 5.41) is 4.99. The number of nitrogens with one attached hydrogen (secondary N) is 1. The molecule has 1 aliphatic rings. The third-order valence-corrected chi connectivity index (χ3v) is 4.04. The number of rotatable bonds is 5. The fraction of sp³-hybridized carbons (Fsp3) is 0.571. The van der Waals surface area contributed by atoms with Crippen LogP contribution in [-0.4, -0.2) is 25.8 Å². The summed E-state index contributed by atoms with van der Waals surface area (Å²) in [6.07, 6.45) is 2.06. The standard InChI is InChI=1S/C14H19Cl2NO/c1-2-17-14(11-5-6-18-9-11)7-10-3-4-12(15)8-13(10)16/h3-4,8,11,14,17H,2,5-7,9H2,1H3. The lowest BCUT2D eigenvalue weighted by molar-refractivity contribution is 0.176. The van der Waals surface area contributed by atoms with E-state index in [0.29, 0.717) is 17.0 Å². The van der Waals surface area contributed by atoms with Crippen LogP contribution in [0.4, 0.5) is 0 Å². The van der Waals surface area contributed by atoms with Gasteiger partial charge in [0.2, 0.25) is 0 Å². The zero-order chi connectivity index (χ0) is 13.0. The van der Waals surface area contributed by atoms with Crippen LogP contribution in [0, 0.1) is 5.92 Å². The molecule has 0 radical (unpaired) electrons. The van der Waals surface area contributed by atoms with E-state index in [2.05, 4.69) is 12.2 Å². The predicted octanol–water partition coefficient (Wildman–Crippen LogP) is 3.55. The van der Waals surface area contributed by atoms with E-state index in [4.69, 9.17) is 27.9 Å². The van der Waals surface area contributed by atoms with Gasteiger partial charge in [-0.3, -0.25) is 0 Å². The Balaban J connectivity index is 2.07. The van der Waals surface area contributed by atoms with Gasteiger partial charge in [-0.25, -0.2) is 0 Å². The van der Waals surface area contributed by atoms with Crippen molar-refractivity contribution in [1.82, 2.24) is 5.32 Å². The lowest BCUT2D eigenvalue weighted by atomic mass is 9.93. The number of hydrogen-bond acceptors (Lipinski definition) is 2. The molecule has 1 saturated heterocycles. The molecular weight excluding hydrogens is 269 g/mol. The highest BCUT2D eigenvalue weighted by Gasteiger charge is 2.25. The molecule has 0 amide bonds. The Bertz CT molecular complexity index is 391. The first-order valence-corrected chi connectivity index (χ1v) is 7.21. The highest BCUT2D eigenvalue weighted by molar-refractivity contribution is 6.35. The number of likely N-dealkylation sites (N-methyl/N-ethyl adjacent to an activating group) is 1. The molecule has 2 atom stereocenters. The van der Waals surface area contributed by atoms with Crippen LogP contribution in [0.3, 0.4) is 0 Å². The monoisotopic (exact) mass is 287 g/mol. The van der Waals surface area contributed by atoms with Gasteiger partial charge < -0.3 is 10.1 Å². The van der Waals surface area contributed by atoms with Crippen LogP contribution in [0.2, 0.25) is 10.0 Å². The first kappa shape index (κ1) is 14.1. The molecule has 18 heavy (non-hydrogen) atoms. The molecular formula is C14H19Cl2NO. The summed E-state index contributed by atoms with van der Waals surface area (Å²) in [5.74, 6) is 0.580. The number of ether oxygens (including phenoxy) is 1. The lowest BCUT2D eigenvalue weighted by Crippen LogP contribution is -2.38. The van der Waals surface area contributed by atoms with Crippen molar-refractivity contribution in [3.63, 3.8) is 0 Å². The number of benzene rings is 1. The molecule has 1 fully saturated rings. The van der Waals surface area contributed by atoms with Crippen molar-refractivity contribution >= 4 is 23.2 Å². The number of hydrogen-bond donors (Lipinski definition) is 1. The molecule has 1 N–H and O–H groups in total. The smallest absolute Gasteiger partial charge is 0.0510 e. The largest absolute Gasteiger partial charge is 0.381 e. The maximum Gasteiger partial charge on any atom is 0.0510 e. The molecule has 1 heterocycles. The van der Waals surface area contributed by atoms with E-state index in [9.17, 15) is 0 Å². The predicted molar refractivity (Wildman–Crippen MR) is 76.6 cm³/mol. The molecule has 100 valence electrons. The van der Waals surface area contributed by atoms with Gasteiger partial charge in [-0.05, 0) is 37.1 Å². The SMILES string of the molecule is CCNC(Cc1ccc(Cl)cc1Cl)C1CCOC1. The fourth-order valence-electron chi connectivity index (χ4n) is 2.46. The van der Waals surface area contributed by atoms with Crippen molar-refractivity contribution in [2.24, 2.45) is 5.92 Å². The quantitative estimate of drug-likeness (QED) is 0.894. The van der Waals surface area contributed by atoms with E-state index in [0.717, 1.165) is 43.2 Å². The zero-order valence-electron chi connectivity index (χ0n) is 10.6. The first-order chi connectivity index (χ1) is 8.70. The molecule has 0 bridgehead atoms. The van der Waals surface area contributed by atoms with Crippen molar-refractivity contribution in [3.05, 3.63) is 33.8 Å². The van der Waals surface area contributed by atoms with Crippen LogP contribution in [0.25, 0.3) is 0 Å². The van der Waals surface area contributed by atoms with E-state index in [-0.39, 0.29) is 0 Å². The second kappa shape index (κ2) is 6.76. The van der Waals surface area contributed by atoms with Crippen LogP contribution >= 0.6 is 23.2 Å². The van der Waals surface area contributed by atoms with Gasteiger partial charge in [0.05, 0.1) is 6.61 Å². The van der Waals surface area contributed by atoms with Gasteiger partial charge in [0.15, 0.2) is 0 Å². The summed E-state index contributed by atoms with van der Waals surface area (Å²) in [4.78, 5) is 0. The van der Waals surface area contributed by atoms with E-state index in [1.807, 2.05) is 18.2 Å². The summed E-state index contributed by atoms with van der Waals surface area (Å²) >= 11 is 12.2.